The third-order valence-corrected chi connectivity index (χ3v) is 8.57. The number of rotatable bonds is 13. The summed E-state index contributed by atoms with van der Waals surface area (Å²) in [6, 6.07) is 14.0. The van der Waals surface area contributed by atoms with Crippen LogP contribution in [-0.4, -0.2) is 84.8 Å². The molecule has 2 aromatic carbocycles. The largest absolute Gasteiger partial charge is 0.493 e. The highest BCUT2D eigenvalue weighted by atomic mass is 16.5. The van der Waals surface area contributed by atoms with Crippen molar-refractivity contribution < 1.29 is 28.3 Å². The van der Waals surface area contributed by atoms with Crippen LogP contribution < -0.4 is 9.64 Å². The molecule has 0 radical (unpaired) electrons. The Morgan fingerprint density at radius 1 is 1.16 bits per heavy atom. The Hall–Kier alpha value is -3.69. The first kappa shape index (κ1) is 30.8. The third kappa shape index (κ3) is 7.46. The highest BCUT2D eigenvalue weighted by molar-refractivity contribution is 5.95. The van der Waals surface area contributed by atoms with Crippen molar-refractivity contribution in [1.82, 2.24) is 9.88 Å². The fourth-order valence-corrected chi connectivity index (χ4v) is 6.62. The molecule has 1 saturated heterocycles. The molecule has 0 bridgehead atoms. The third-order valence-electron chi connectivity index (χ3n) is 8.57. The van der Waals surface area contributed by atoms with Gasteiger partial charge in [0.05, 0.1) is 46.4 Å². The Morgan fingerprint density at radius 2 is 2.00 bits per heavy atom. The Labute approximate surface area is 254 Å². The van der Waals surface area contributed by atoms with E-state index in [1.54, 1.807) is 6.20 Å². The van der Waals surface area contributed by atoms with Gasteiger partial charge in [-0.2, -0.15) is 0 Å². The number of nitrogens with zero attached hydrogens (tertiary/aromatic N) is 4. The number of hydrogen-bond acceptors (Lipinski definition) is 6. The van der Waals surface area contributed by atoms with Crippen LogP contribution in [0.3, 0.4) is 0 Å². The molecule has 9 nitrogen and oxygen atoms in total. The average Bonchev–Trinajstić information content (AvgIpc) is 3.71. The van der Waals surface area contributed by atoms with Crippen molar-refractivity contribution >= 4 is 17.6 Å². The summed E-state index contributed by atoms with van der Waals surface area (Å²) >= 11 is 0. The Balaban J connectivity index is 1.43. The summed E-state index contributed by atoms with van der Waals surface area (Å²) in [6.45, 7) is 4.88. The molecule has 1 fully saturated rings. The number of aryl methyl sites for hydroxylation is 1. The average molecular weight is 590 g/mol. The van der Waals surface area contributed by atoms with Gasteiger partial charge in [0, 0.05) is 49.1 Å². The summed E-state index contributed by atoms with van der Waals surface area (Å²) in [7, 11) is 6.46. The molecule has 9 heteroatoms. The number of benzene rings is 2. The molecule has 1 aromatic heterocycles. The van der Waals surface area contributed by atoms with Crippen molar-refractivity contribution in [3.8, 4) is 5.75 Å². The van der Waals surface area contributed by atoms with Crippen molar-refractivity contribution in [2.75, 3.05) is 52.3 Å². The van der Waals surface area contributed by atoms with Crippen LogP contribution in [0.4, 0.5) is 5.69 Å². The molecule has 0 spiro atoms. The van der Waals surface area contributed by atoms with Gasteiger partial charge in [0.25, 0.3) is 0 Å². The summed E-state index contributed by atoms with van der Waals surface area (Å²) in [4.78, 5) is 35.3. The smallest absolute Gasteiger partial charge is 0.308 e. The zero-order valence-corrected chi connectivity index (χ0v) is 25.9. The molecule has 2 aliphatic rings. The minimum absolute atomic E-state index is 0.0101. The van der Waals surface area contributed by atoms with Gasteiger partial charge in [-0.05, 0) is 42.2 Å². The predicted octanol–water partition coefficient (Wildman–Crippen LogP) is 4.75. The van der Waals surface area contributed by atoms with Crippen molar-refractivity contribution in [3.63, 3.8) is 0 Å². The Morgan fingerprint density at radius 3 is 2.72 bits per heavy atom. The second-order valence-electron chi connectivity index (χ2n) is 12.9. The minimum atomic E-state index is -0.843. The van der Waals surface area contributed by atoms with E-state index < -0.39 is 11.9 Å². The van der Waals surface area contributed by atoms with Gasteiger partial charge < -0.3 is 23.6 Å². The molecular weight excluding hydrogens is 544 g/mol. The van der Waals surface area contributed by atoms with Gasteiger partial charge in [0.2, 0.25) is 5.91 Å². The maximum Gasteiger partial charge on any atom is 0.308 e. The molecule has 3 unspecified atom stereocenters. The number of amides is 1. The van der Waals surface area contributed by atoms with Gasteiger partial charge in [-0.25, -0.2) is 4.98 Å². The number of oxazole rings is 1. The molecule has 43 heavy (non-hydrogen) atoms. The van der Waals surface area contributed by atoms with Crippen LogP contribution in [0.1, 0.15) is 54.7 Å². The van der Waals surface area contributed by atoms with Gasteiger partial charge >= 0.3 is 5.97 Å². The van der Waals surface area contributed by atoms with Gasteiger partial charge in [0.1, 0.15) is 18.6 Å². The van der Waals surface area contributed by atoms with E-state index >= 15 is 0 Å². The van der Waals surface area contributed by atoms with Crippen molar-refractivity contribution in [3.05, 3.63) is 77.5 Å². The van der Waals surface area contributed by atoms with Crippen molar-refractivity contribution in [2.24, 2.45) is 5.92 Å². The lowest BCUT2D eigenvalue weighted by molar-refractivity contribution is -0.884. The van der Waals surface area contributed by atoms with Crippen LogP contribution in [0.5, 0.6) is 5.75 Å². The van der Waals surface area contributed by atoms with Crippen molar-refractivity contribution in [2.45, 2.75) is 57.5 Å². The quantitative estimate of drug-likeness (QED) is 0.288. The number of carbonyl (C=O) groups excluding carboxylic acids is 1. The van der Waals surface area contributed by atoms with E-state index in [9.17, 15) is 14.7 Å². The fourth-order valence-electron chi connectivity index (χ4n) is 6.62. The molecule has 1 amide bonds. The standard InChI is InChI=1S/C34H44N4O5/c1-5-6-16-37(27-9-7-8-24(19-27)23-38(2,3)4)32(39)22-36-21-28(25-10-12-30-26(20-25)14-17-42-30)33(34(40)41)29(36)11-13-31-35-15-18-43-31/h7-10,12,15,18-20,28-29,33H,5-6,11,13-14,16-17,21-23H2,1-4H3/p+1. The summed E-state index contributed by atoms with van der Waals surface area (Å²) in [5, 5.41) is 10.6. The monoisotopic (exact) mass is 589 g/mol. The summed E-state index contributed by atoms with van der Waals surface area (Å²) in [5.74, 6) is -0.316. The number of fused-ring (bicyclic) bond motifs is 1. The predicted molar refractivity (Wildman–Crippen MR) is 165 cm³/mol. The zero-order chi connectivity index (χ0) is 30.6. The van der Waals surface area contributed by atoms with E-state index in [1.807, 2.05) is 29.2 Å². The number of anilines is 1. The number of aliphatic carboxylic acids is 1. The first-order valence-electron chi connectivity index (χ1n) is 15.4. The maximum absolute atomic E-state index is 14.1. The molecule has 5 rings (SSSR count). The molecular formula is C34H45N4O5+. The Kier molecular flexibility index (Phi) is 9.52. The first-order valence-corrected chi connectivity index (χ1v) is 15.4. The van der Waals surface area contributed by atoms with E-state index in [-0.39, 0.29) is 24.4 Å². The molecule has 0 aliphatic carbocycles. The molecule has 2 aliphatic heterocycles. The van der Waals surface area contributed by atoms with E-state index in [0.29, 0.717) is 38.4 Å². The van der Waals surface area contributed by atoms with Crippen LogP contribution in [0, 0.1) is 5.92 Å². The lowest BCUT2D eigenvalue weighted by Crippen LogP contribution is -2.44. The highest BCUT2D eigenvalue weighted by Crippen LogP contribution is 2.41. The number of ether oxygens (including phenoxy) is 1. The van der Waals surface area contributed by atoms with Crippen LogP contribution in [0.2, 0.25) is 0 Å². The minimum Gasteiger partial charge on any atom is -0.493 e. The Bertz CT molecular complexity index is 1400. The number of unbranched alkanes of at least 4 members (excludes halogenated alkanes) is 1. The van der Waals surface area contributed by atoms with E-state index in [0.717, 1.165) is 52.9 Å². The molecule has 3 aromatic rings. The number of quaternary nitrogens is 1. The lowest BCUT2D eigenvalue weighted by atomic mass is 9.83. The number of aromatic nitrogens is 1. The van der Waals surface area contributed by atoms with Gasteiger partial charge in [0.15, 0.2) is 5.89 Å². The SMILES string of the molecule is CCCCN(C(=O)CN1CC(c2ccc3c(c2)CCO3)C(C(=O)O)C1CCc1ncco1)c1cccc(C[N+](C)(C)C)c1. The summed E-state index contributed by atoms with van der Waals surface area (Å²) < 4.78 is 12.0. The van der Waals surface area contributed by atoms with Gasteiger partial charge in [-0.15, -0.1) is 0 Å². The number of carboxylic acid groups (broad SMARTS) is 1. The molecule has 230 valence electrons. The lowest BCUT2D eigenvalue weighted by Gasteiger charge is -2.30. The number of carboxylic acids is 1. The van der Waals surface area contributed by atoms with E-state index in [4.69, 9.17) is 9.15 Å². The molecule has 3 atom stereocenters. The molecule has 3 heterocycles. The second-order valence-corrected chi connectivity index (χ2v) is 12.9. The van der Waals surface area contributed by atoms with Crippen LogP contribution in [0.25, 0.3) is 0 Å². The normalized spacial score (nSPS) is 20.1. The number of hydrogen-bond donors (Lipinski definition) is 1. The van der Waals surface area contributed by atoms with Crippen LogP contribution >= 0.6 is 0 Å². The highest BCUT2D eigenvalue weighted by Gasteiger charge is 2.47. The van der Waals surface area contributed by atoms with E-state index in [2.05, 4.69) is 56.1 Å². The molecule has 1 N–H and O–H groups in total. The van der Waals surface area contributed by atoms with Gasteiger partial charge in [-0.1, -0.05) is 37.6 Å². The van der Waals surface area contributed by atoms with Crippen molar-refractivity contribution in [1.29, 1.82) is 0 Å². The maximum atomic E-state index is 14.1. The molecule has 0 saturated carbocycles. The fraction of sp³-hybridized carbons (Fsp3) is 0.500. The summed E-state index contributed by atoms with van der Waals surface area (Å²) in [5.41, 5.74) is 4.18. The zero-order valence-electron chi connectivity index (χ0n) is 25.9. The number of likely N-dealkylation sites (tertiary alicyclic amines) is 1. The first-order chi connectivity index (χ1) is 20.6. The number of carbonyl (C=O) groups is 2. The summed E-state index contributed by atoms with van der Waals surface area (Å²) in [6.07, 6.45) is 6.85. The van der Waals surface area contributed by atoms with E-state index in [1.165, 1.54) is 11.8 Å². The van der Waals surface area contributed by atoms with Gasteiger partial charge in [-0.3, -0.25) is 14.5 Å². The van der Waals surface area contributed by atoms with Crippen LogP contribution in [-0.2, 0) is 29.0 Å². The second kappa shape index (κ2) is 13.3. The topological polar surface area (TPSA) is 96.1 Å². The van der Waals surface area contributed by atoms with Crippen LogP contribution in [0.15, 0.2) is 59.3 Å².